The van der Waals surface area contributed by atoms with Crippen molar-refractivity contribution in [3.05, 3.63) is 48.0 Å². The number of carbonyl (C=O) groups is 1. The molecular weight excluding hydrogens is 374 g/mol. The summed E-state index contributed by atoms with van der Waals surface area (Å²) in [4.78, 5) is 15.9. The molecule has 2 heterocycles. The van der Waals surface area contributed by atoms with Gasteiger partial charge in [0.05, 0.1) is 4.90 Å². The van der Waals surface area contributed by atoms with Gasteiger partial charge in [0, 0.05) is 43.6 Å². The zero-order valence-electron chi connectivity index (χ0n) is 16.0. The van der Waals surface area contributed by atoms with Gasteiger partial charge in [0.25, 0.3) is 10.0 Å². The van der Waals surface area contributed by atoms with Crippen molar-refractivity contribution >= 4 is 33.0 Å². The molecule has 1 saturated heterocycles. The maximum absolute atomic E-state index is 12.8. The zero-order chi connectivity index (χ0) is 19.7. The maximum Gasteiger partial charge on any atom is 0.261 e. The Labute approximate surface area is 166 Å². The average Bonchev–Trinajstić information content (AvgIpc) is 3.12. The molecule has 0 spiro atoms. The van der Waals surface area contributed by atoms with E-state index in [0.29, 0.717) is 18.7 Å². The van der Waals surface area contributed by atoms with E-state index >= 15 is 0 Å². The Morgan fingerprint density at radius 1 is 0.964 bits per heavy atom. The van der Waals surface area contributed by atoms with Gasteiger partial charge in [-0.25, -0.2) is 8.42 Å². The third-order valence-electron chi connectivity index (χ3n) is 5.48. The Balaban J connectivity index is 1.51. The first-order chi connectivity index (χ1) is 13.4. The summed E-state index contributed by atoms with van der Waals surface area (Å²) in [6.45, 7) is 4.23. The van der Waals surface area contributed by atoms with E-state index in [1.807, 2.05) is 24.3 Å². The van der Waals surface area contributed by atoms with Gasteiger partial charge in [0.1, 0.15) is 0 Å². The van der Waals surface area contributed by atoms with Crippen molar-refractivity contribution in [2.75, 3.05) is 34.2 Å². The fraction of sp³-hybridized carbons (Fsp3) is 0.381. The normalized spacial score (nSPS) is 16.8. The average molecular weight is 400 g/mol. The number of hydrogen-bond donors (Lipinski definition) is 1. The molecule has 0 bridgehead atoms. The van der Waals surface area contributed by atoms with Crippen LogP contribution >= 0.6 is 0 Å². The molecule has 4 rings (SSSR count). The van der Waals surface area contributed by atoms with Crippen LogP contribution in [0.3, 0.4) is 0 Å². The SMILES string of the molecule is CC(=O)N1CCc2cc(S(=O)(=O)Nc3ccc(N4CCCCC4)cc3)ccc21. The van der Waals surface area contributed by atoms with E-state index in [2.05, 4.69) is 9.62 Å². The Morgan fingerprint density at radius 2 is 1.68 bits per heavy atom. The van der Waals surface area contributed by atoms with Crippen LogP contribution in [0.1, 0.15) is 31.7 Å². The standard InChI is InChI=1S/C21H25N3O3S/c1-16(25)24-14-11-17-15-20(9-10-21(17)24)28(26,27)22-18-5-7-19(8-6-18)23-12-3-2-4-13-23/h5-10,15,22H,2-4,11-14H2,1H3. The molecule has 0 atom stereocenters. The van der Waals surface area contributed by atoms with E-state index in [0.717, 1.165) is 30.0 Å². The van der Waals surface area contributed by atoms with Gasteiger partial charge in [0.2, 0.25) is 5.91 Å². The van der Waals surface area contributed by atoms with E-state index in [-0.39, 0.29) is 10.8 Å². The molecule has 0 radical (unpaired) electrons. The first-order valence-electron chi connectivity index (χ1n) is 9.73. The fourth-order valence-electron chi connectivity index (χ4n) is 3.98. The van der Waals surface area contributed by atoms with Crippen molar-refractivity contribution in [1.29, 1.82) is 0 Å². The van der Waals surface area contributed by atoms with Crippen LogP contribution in [0, 0.1) is 0 Å². The lowest BCUT2D eigenvalue weighted by Crippen LogP contribution is -2.29. The van der Waals surface area contributed by atoms with Crippen LogP contribution in [0.4, 0.5) is 17.1 Å². The second-order valence-corrected chi connectivity index (χ2v) is 9.09. The first kappa shape index (κ1) is 18.8. The number of anilines is 3. The minimum absolute atomic E-state index is 0.0266. The molecule has 2 aromatic rings. The van der Waals surface area contributed by atoms with Crippen LogP contribution in [-0.4, -0.2) is 34.0 Å². The summed E-state index contributed by atoms with van der Waals surface area (Å²) >= 11 is 0. The third-order valence-corrected chi connectivity index (χ3v) is 6.86. The fourth-order valence-corrected chi connectivity index (χ4v) is 5.09. The molecule has 0 aliphatic carbocycles. The van der Waals surface area contributed by atoms with Crippen LogP contribution in [0.25, 0.3) is 0 Å². The number of nitrogens with zero attached hydrogens (tertiary/aromatic N) is 2. The Bertz CT molecular complexity index is 980. The first-order valence-corrected chi connectivity index (χ1v) is 11.2. The number of amides is 1. The molecule has 1 N–H and O–H groups in total. The number of benzene rings is 2. The van der Waals surface area contributed by atoms with Gasteiger partial charge >= 0.3 is 0 Å². The number of sulfonamides is 1. The number of nitrogens with one attached hydrogen (secondary N) is 1. The predicted molar refractivity (Wildman–Crippen MR) is 111 cm³/mol. The molecule has 148 valence electrons. The van der Waals surface area contributed by atoms with Crippen LogP contribution in [0.2, 0.25) is 0 Å². The van der Waals surface area contributed by atoms with E-state index in [9.17, 15) is 13.2 Å². The molecule has 1 amide bonds. The Morgan fingerprint density at radius 3 is 2.36 bits per heavy atom. The molecule has 6 nitrogen and oxygen atoms in total. The molecule has 1 fully saturated rings. The molecule has 0 saturated carbocycles. The Kier molecular flexibility index (Phi) is 5.02. The number of piperidine rings is 1. The summed E-state index contributed by atoms with van der Waals surface area (Å²) in [6, 6.07) is 12.5. The van der Waals surface area contributed by atoms with Gasteiger partial charge in [-0.15, -0.1) is 0 Å². The molecule has 28 heavy (non-hydrogen) atoms. The molecule has 2 aromatic carbocycles. The van der Waals surface area contributed by atoms with Gasteiger partial charge in [0.15, 0.2) is 0 Å². The van der Waals surface area contributed by atoms with E-state index < -0.39 is 10.0 Å². The van der Waals surface area contributed by atoms with Crippen LogP contribution in [0.15, 0.2) is 47.4 Å². The van der Waals surface area contributed by atoms with Crippen LogP contribution in [-0.2, 0) is 21.2 Å². The maximum atomic E-state index is 12.8. The molecule has 2 aliphatic heterocycles. The van der Waals surface area contributed by atoms with Gasteiger partial charge in [-0.1, -0.05) is 0 Å². The molecule has 0 unspecified atom stereocenters. The number of hydrogen-bond acceptors (Lipinski definition) is 4. The second kappa shape index (κ2) is 7.47. The Hall–Kier alpha value is -2.54. The zero-order valence-corrected chi connectivity index (χ0v) is 16.8. The summed E-state index contributed by atoms with van der Waals surface area (Å²) in [5.74, 6) is -0.0266. The van der Waals surface area contributed by atoms with Gasteiger partial charge in [-0.05, 0) is 73.7 Å². The third kappa shape index (κ3) is 3.71. The summed E-state index contributed by atoms with van der Waals surface area (Å²) < 4.78 is 28.3. The van der Waals surface area contributed by atoms with Crippen molar-refractivity contribution in [1.82, 2.24) is 0 Å². The lowest BCUT2D eigenvalue weighted by molar-refractivity contribution is -0.116. The van der Waals surface area contributed by atoms with E-state index in [1.54, 1.807) is 23.1 Å². The highest BCUT2D eigenvalue weighted by molar-refractivity contribution is 7.92. The predicted octanol–water partition coefficient (Wildman–Crippen LogP) is 3.39. The van der Waals surface area contributed by atoms with Crippen molar-refractivity contribution in [2.45, 2.75) is 37.5 Å². The monoisotopic (exact) mass is 399 g/mol. The topological polar surface area (TPSA) is 69.7 Å². The van der Waals surface area contributed by atoms with Crippen molar-refractivity contribution in [2.24, 2.45) is 0 Å². The van der Waals surface area contributed by atoms with Crippen LogP contribution in [0.5, 0.6) is 0 Å². The minimum atomic E-state index is -3.68. The lowest BCUT2D eigenvalue weighted by Gasteiger charge is -2.28. The lowest BCUT2D eigenvalue weighted by atomic mass is 10.1. The minimum Gasteiger partial charge on any atom is -0.372 e. The quantitative estimate of drug-likeness (QED) is 0.856. The smallest absolute Gasteiger partial charge is 0.261 e. The van der Waals surface area contributed by atoms with Crippen LogP contribution < -0.4 is 14.5 Å². The number of rotatable bonds is 4. The molecule has 0 aromatic heterocycles. The second-order valence-electron chi connectivity index (χ2n) is 7.41. The van der Waals surface area contributed by atoms with Gasteiger partial charge < -0.3 is 9.80 Å². The van der Waals surface area contributed by atoms with Crippen molar-refractivity contribution in [3.8, 4) is 0 Å². The van der Waals surface area contributed by atoms with Gasteiger partial charge in [-0.2, -0.15) is 0 Å². The summed E-state index contributed by atoms with van der Waals surface area (Å²) in [5.41, 5.74) is 3.37. The number of fused-ring (bicyclic) bond motifs is 1. The highest BCUT2D eigenvalue weighted by atomic mass is 32.2. The van der Waals surface area contributed by atoms with Crippen molar-refractivity contribution < 1.29 is 13.2 Å². The highest BCUT2D eigenvalue weighted by Gasteiger charge is 2.25. The molecule has 7 heteroatoms. The molecular formula is C21H25N3O3S. The summed E-state index contributed by atoms with van der Waals surface area (Å²) in [6.07, 6.45) is 4.35. The largest absolute Gasteiger partial charge is 0.372 e. The van der Waals surface area contributed by atoms with E-state index in [4.69, 9.17) is 0 Å². The molecule has 2 aliphatic rings. The van der Waals surface area contributed by atoms with E-state index in [1.165, 1.54) is 26.2 Å². The highest BCUT2D eigenvalue weighted by Crippen LogP contribution is 2.31. The summed E-state index contributed by atoms with van der Waals surface area (Å²) in [7, 11) is -3.68. The number of carbonyl (C=O) groups excluding carboxylic acids is 1. The van der Waals surface area contributed by atoms with Gasteiger partial charge in [-0.3, -0.25) is 9.52 Å². The van der Waals surface area contributed by atoms with Crippen molar-refractivity contribution in [3.63, 3.8) is 0 Å². The summed E-state index contributed by atoms with van der Waals surface area (Å²) in [5, 5.41) is 0.